The highest BCUT2D eigenvalue weighted by Crippen LogP contribution is 2.43. The summed E-state index contributed by atoms with van der Waals surface area (Å²) in [5, 5.41) is 2.84. The van der Waals surface area contributed by atoms with Crippen molar-refractivity contribution < 1.29 is 9.47 Å². The van der Waals surface area contributed by atoms with Crippen molar-refractivity contribution in [2.45, 2.75) is 12.8 Å². The van der Waals surface area contributed by atoms with E-state index in [1.807, 2.05) is 30.3 Å². The van der Waals surface area contributed by atoms with Gasteiger partial charge in [-0.15, -0.1) is 0 Å². The first kappa shape index (κ1) is 18.1. The summed E-state index contributed by atoms with van der Waals surface area (Å²) < 4.78 is 11.0. The Labute approximate surface area is 174 Å². The quantitative estimate of drug-likeness (QED) is 0.384. The summed E-state index contributed by atoms with van der Waals surface area (Å²) in [6.07, 6.45) is 2.11. The number of hydrogen-bond acceptors (Lipinski definition) is 4. The Morgan fingerprint density at radius 3 is 2.48 bits per heavy atom. The summed E-state index contributed by atoms with van der Waals surface area (Å²) in [5.41, 5.74) is 5.47. The predicted molar refractivity (Wildman–Crippen MR) is 119 cm³/mol. The average molecular weight is 405 g/mol. The average Bonchev–Trinajstić information content (AvgIpc) is 2.76. The van der Waals surface area contributed by atoms with E-state index in [1.54, 1.807) is 14.2 Å². The highest BCUT2D eigenvalue weighted by molar-refractivity contribution is 6.31. The second-order valence-electron chi connectivity index (χ2n) is 7.25. The van der Waals surface area contributed by atoms with Gasteiger partial charge in [0, 0.05) is 28.0 Å². The lowest BCUT2D eigenvalue weighted by atomic mass is 9.98. The smallest absolute Gasteiger partial charge is 0.119 e. The minimum Gasteiger partial charge on any atom is -0.497 e. The van der Waals surface area contributed by atoms with Crippen molar-refractivity contribution in [1.29, 1.82) is 0 Å². The summed E-state index contributed by atoms with van der Waals surface area (Å²) in [7, 11) is 3.40. The molecule has 5 heteroatoms. The fourth-order valence-corrected chi connectivity index (χ4v) is 4.39. The van der Waals surface area contributed by atoms with E-state index in [9.17, 15) is 0 Å². The van der Waals surface area contributed by atoms with Crippen LogP contribution in [0.15, 0.2) is 54.6 Å². The molecule has 2 heterocycles. The molecule has 4 nitrogen and oxygen atoms in total. The van der Waals surface area contributed by atoms with Crippen LogP contribution in [0.4, 0.5) is 11.4 Å². The van der Waals surface area contributed by atoms with Crippen LogP contribution in [0.1, 0.15) is 12.0 Å². The summed E-state index contributed by atoms with van der Waals surface area (Å²) in [6, 6.07) is 18.3. The number of anilines is 2. The molecule has 29 heavy (non-hydrogen) atoms. The lowest BCUT2D eigenvalue weighted by Gasteiger charge is -2.33. The van der Waals surface area contributed by atoms with Gasteiger partial charge in [0.15, 0.2) is 0 Å². The van der Waals surface area contributed by atoms with Gasteiger partial charge in [-0.2, -0.15) is 0 Å². The van der Waals surface area contributed by atoms with Crippen molar-refractivity contribution in [3.8, 4) is 11.5 Å². The molecule has 0 N–H and O–H groups in total. The first-order valence-corrected chi connectivity index (χ1v) is 10.1. The van der Waals surface area contributed by atoms with Gasteiger partial charge in [0.2, 0.25) is 0 Å². The molecule has 0 unspecified atom stereocenters. The largest absolute Gasteiger partial charge is 0.497 e. The van der Waals surface area contributed by atoms with Crippen LogP contribution >= 0.6 is 11.6 Å². The van der Waals surface area contributed by atoms with Crippen molar-refractivity contribution in [3.63, 3.8) is 0 Å². The highest BCUT2D eigenvalue weighted by Gasteiger charge is 2.23. The van der Waals surface area contributed by atoms with Crippen molar-refractivity contribution >= 4 is 44.8 Å². The van der Waals surface area contributed by atoms with E-state index in [1.165, 1.54) is 11.3 Å². The zero-order valence-corrected chi connectivity index (χ0v) is 17.2. The Balaban J connectivity index is 1.83. The molecule has 1 aliphatic rings. The first-order chi connectivity index (χ1) is 14.2. The number of nitrogens with zero attached hydrogens (tertiary/aromatic N) is 2. The number of halogens is 1. The third-order valence-electron chi connectivity index (χ3n) is 5.59. The van der Waals surface area contributed by atoms with Crippen LogP contribution in [-0.4, -0.2) is 25.7 Å². The van der Waals surface area contributed by atoms with E-state index in [-0.39, 0.29) is 0 Å². The molecule has 5 rings (SSSR count). The predicted octanol–water partition coefficient (Wildman–Crippen LogP) is 6.14. The number of rotatable bonds is 3. The van der Waals surface area contributed by atoms with Gasteiger partial charge in [-0.1, -0.05) is 11.6 Å². The summed E-state index contributed by atoms with van der Waals surface area (Å²) in [4.78, 5) is 7.27. The summed E-state index contributed by atoms with van der Waals surface area (Å²) in [5.74, 6) is 1.71. The van der Waals surface area contributed by atoms with Crippen molar-refractivity contribution in [3.05, 3.63) is 65.2 Å². The maximum absolute atomic E-state index is 6.28. The number of benzene rings is 3. The summed E-state index contributed by atoms with van der Waals surface area (Å²) >= 11 is 6.28. The van der Waals surface area contributed by atoms with E-state index in [0.29, 0.717) is 5.02 Å². The highest BCUT2D eigenvalue weighted by atomic mass is 35.5. The molecule has 0 spiro atoms. The van der Waals surface area contributed by atoms with Gasteiger partial charge in [0.25, 0.3) is 0 Å². The third-order valence-corrected chi connectivity index (χ3v) is 5.82. The summed E-state index contributed by atoms with van der Waals surface area (Å²) in [6.45, 7) is 0.938. The molecular formula is C24H21ClN2O2. The van der Waals surface area contributed by atoms with Crippen LogP contribution in [0.3, 0.4) is 0 Å². The maximum atomic E-state index is 6.28. The molecule has 0 saturated heterocycles. The Morgan fingerprint density at radius 2 is 1.66 bits per heavy atom. The normalized spacial score (nSPS) is 13.6. The Morgan fingerprint density at radius 1 is 0.862 bits per heavy atom. The van der Waals surface area contributed by atoms with Crippen LogP contribution in [0.5, 0.6) is 11.5 Å². The fraction of sp³-hybridized carbons (Fsp3) is 0.208. The Kier molecular flexibility index (Phi) is 4.44. The molecule has 1 aliphatic heterocycles. The van der Waals surface area contributed by atoms with Gasteiger partial charge < -0.3 is 14.4 Å². The van der Waals surface area contributed by atoms with Gasteiger partial charge in [-0.25, -0.2) is 4.98 Å². The molecule has 0 bridgehead atoms. The molecule has 0 aliphatic carbocycles. The van der Waals surface area contributed by atoms with E-state index in [4.69, 9.17) is 26.1 Å². The van der Waals surface area contributed by atoms with Gasteiger partial charge in [0.1, 0.15) is 11.5 Å². The number of methoxy groups -OCH3 is 2. The van der Waals surface area contributed by atoms with E-state index in [0.717, 1.165) is 58.4 Å². The molecule has 0 radical (unpaired) electrons. The molecule has 3 aromatic carbocycles. The van der Waals surface area contributed by atoms with Crippen LogP contribution in [0.25, 0.3) is 21.8 Å². The van der Waals surface area contributed by atoms with E-state index < -0.39 is 0 Å². The number of hydrogen-bond donors (Lipinski definition) is 0. The lowest BCUT2D eigenvalue weighted by molar-refractivity contribution is 0.414. The minimum atomic E-state index is 0.688. The van der Waals surface area contributed by atoms with Crippen LogP contribution < -0.4 is 14.4 Å². The second-order valence-corrected chi connectivity index (χ2v) is 7.69. The molecule has 0 fully saturated rings. The standard InChI is InChI=1S/C24H21ClN2O2/c1-28-17-7-10-23-15(12-17)4-3-11-27(23)24-19-8-5-16(25)13-22(19)26-21-9-6-18(29-2)14-20(21)24/h5-10,12-14H,3-4,11H2,1-2H3. The molecule has 4 aromatic rings. The SMILES string of the molecule is COc1ccc2c(c1)CCCN2c1c2ccc(Cl)cc2nc2ccc(OC)cc12. The topological polar surface area (TPSA) is 34.6 Å². The molecular weight excluding hydrogens is 384 g/mol. The van der Waals surface area contributed by atoms with Crippen LogP contribution in [0, 0.1) is 0 Å². The van der Waals surface area contributed by atoms with Crippen molar-refractivity contribution in [1.82, 2.24) is 4.98 Å². The molecule has 146 valence electrons. The Bertz CT molecular complexity index is 1240. The maximum Gasteiger partial charge on any atom is 0.119 e. The minimum absolute atomic E-state index is 0.688. The Hall–Kier alpha value is -2.98. The zero-order chi connectivity index (χ0) is 20.0. The van der Waals surface area contributed by atoms with Crippen molar-refractivity contribution in [2.75, 3.05) is 25.7 Å². The number of pyridine rings is 1. The first-order valence-electron chi connectivity index (χ1n) is 9.69. The monoisotopic (exact) mass is 404 g/mol. The van der Waals surface area contributed by atoms with Gasteiger partial charge >= 0.3 is 0 Å². The second kappa shape index (κ2) is 7.12. The molecule has 0 amide bonds. The lowest BCUT2D eigenvalue weighted by Crippen LogP contribution is -2.25. The third kappa shape index (κ3) is 3.04. The van der Waals surface area contributed by atoms with Gasteiger partial charge in [-0.05, 0) is 73.0 Å². The zero-order valence-electron chi connectivity index (χ0n) is 16.4. The number of aryl methyl sites for hydroxylation is 1. The van der Waals surface area contributed by atoms with Crippen molar-refractivity contribution in [2.24, 2.45) is 0 Å². The van der Waals surface area contributed by atoms with Gasteiger partial charge in [-0.3, -0.25) is 0 Å². The number of fused-ring (bicyclic) bond motifs is 3. The van der Waals surface area contributed by atoms with Gasteiger partial charge in [0.05, 0.1) is 30.9 Å². The van der Waals surface area contributed by atoms with Crippen LogP contribution in [-0.2, 0) is 6.42 Å². The molecule has 1 aromatic heterocycles. The number of ether oxygens (including phenoxy) is 2. The number of aromatic nitrogens is 1. The van der Waals surface area contributed by atoms with E-state index >= 15 is 0 Å². The molecule has 0 saturated carbocycles. The van der Waals surface area contributed by atoms with Crippen LogP contribution in [0.2, 0.25) is 5.02 Å². The fourth-order valence-electron chi connectivity index (χ4n) is 4.23. The molecule has 0 atom stereocenters. The van der Waals surface area contributed by atoms with E-state index in [2.05, 4.69) is 29.2 Å².